The number of aliphatic hydroxyl groups excluding tert-OH is 1. The first-order valence-electron chi connectivity index (χ1n) is 8.91. The molecule has 1 aromatic carbocycles. The molecule has 1 aromatic rings. The molecule has 0 heterocycles. The van der Waals surface area contributed by atoms with Crippen molar-refractivity contribution in [1.29, 1.82) is 0 Å². The zero-order valence-electron chi connectivity index (χ0n) is 15.9. The second-order valence-corrected chi connectivity index (χ2v) is 6.60. The highest BCUT2D eigenvalue weighted by Gasteiger charge is 2.28. The number of ether oxygens (including phenoxy) is 1. The van der Waals surface area contributed by atoms with Gasteiger partial charge in [-0.15, -0.1) is 0 Å². The van der Waals surface area contributed by atoms with E-state index in [1.54, 1.807) is 6.92 Å². The van der Waals surface area contributed by atoms with Crippen LogP contribution in [0.3, 0.4) is 0 Å². The van der Waals surface area contributed by atoms with Gasteiger partial charge >= 0.3 is 18.0 Å². The Bertz CT molecular complexity index is 620. The zero-order valence-corrected chi connectivity index (χ0v) is 15.9. The molecule has 0 fully saturated rings. The molecule has 3 N–H and O–H groups in total. The number of carbonyl (C=O) groups excluding carboxylic acids is 2. The van der Waals surface area contributed by atoms with E-state index in [0.29, 0.717) is 0 Å². The Morgan fingerprint density at radius 3 is 2.30 bits per heavy atom. The third-order valence-corrected chi connectivity index (χ3v) is 3.70. The number of esters is 1. The lowest BCUT2D eigenvalue weighted by atomic mass is 10.1. The zero-order chi connectivity index (χ0) is 20.4. The summed E-state index contributed by atoms with van der Waals surface area (Å²) < 4.78 is 5.04. The number of benzene rings is 1. The van der Waals surface area contributed by atoms with E-state index in [-0.39, 0.29) is 32.0 Å². The molecule has 0 aliphatic heterocycles. The Balaban J connectivity index is 2.91. The van der Waals surface area contributed by atoms with E-state index in [1.807, 2.05) is 44.2 Å². The van der Waals surface area contributed by atoms with Crippen LogP contribution in [0, 0.1) is 5.92 Å². The number of aliphatic hydroxyl groups is 1. The van der Waals surface area contributed by atoms with Crippen LogP contribution in [0.4, 0.5) is 4.79 Å². The molecule has 0 unspecified atom stereocenters. The summed E-state index contributed by atoms with van der Waals surface area (Å²) in [7, 11) is 0. The molecule has 0 aliphatic carbocycles. The molecule has 8 heteroatoms. The van der Waals surface area contributed by atoms with Crippen LogP contribution in [0.2, 0.25) is 0 Å². The number of carboxylic acids is 1. The molecule has 2 atom stereocenters. The molecule has 27 heavy (non-hydrogen) atoms. The summed E-state index contributed by atoms with van der Waals surface area (Å²) in [5, 5.41) is 21.1. The van der Waals surface area contributed by atoms with Gasteiger partial charge in [0.15, 0.2) is 6.10 Å². The minimum Gasteiger partial charge on any atom is -0.479 e. The summed E-state index contributed by atoms with van der Waals surface area (Å²) in [5.41, 5.74) is 0.844. The number of carboxylic acid groups (broad SMARTS) is 1. The maximum atomic E-state index is 12.6. The molecule has 0 aliphatic rings. The van der Waals surface area contributed by atoms with E-state index in [9.17, 15) is 19.5 Å². The van der Waals surface area contributed by atoms with E-state index in [4.69, 9.17) is 9.84 Å². The van der Waals surface area contributed by atoms with E-state index < -0.39 is 30.1 Å². The van der Waals surface area contributed by atoms with Crippen LogP contribution in [0.5, 0.6) is 0 Å². The summed E-state index contributed by atoms with van der Waals surface area (Å²) in [6.07, 6.45) is -1.47. The van der Waals surface area contributed by atoms with Gasteiger partial charge < -0.3 is 25.2 Å². The largest absolute Gasteiger partial charge is 0.479 e. The van der Waals surface area contributed by atoms with Gasteiger partial charge in [-0.3, -0.25) is 0 Å². The van der Waals surface area contributed by atoms with Gasteiger partial charge in [0.05, 0.1) is 13.2 Å². The number of nitrogens with one attached hydrogen (secondary N) is 1. The van der Waals surface area contributed by atoms with Crippen molar-refractivity contribution in [1.82, 2.24) is 10.2 Å². The summed E-state index contributed by atoms with van der Waals surface area (Å²) in [6, 6.07) is 7.62. The van der Waals surface area contributed by atoms with Crippen molar-refractivity contribution < 1.29 is 29.3 Å². The Labute approximate surface area is 159 Å². The predicted octanol–water partition coefficient (Wildman–Crippen LogP) is 1.27. The average molecular weight is 380 g/mol. The van der Waals surface area contributed by atoms with E-state index >= 15 is 0 Å². The Hall–Kier alpha value is -2.61. The molecule has 150 valence electrons. The highest BCUT2D eigenvalue weighted by Crippen LogP contribution is 2.07. The van der Waals surface area contributed by atoms with Crippen LogP contribution in [-0.4, -0.2) is 64.9 Å². The molecule has 0 bridgehead atoms. The molecule has 0 spiro atoms. The predicted molar refractivity (Wildman–Crippen MR) is 99.2 cm³/mol. The van der Waals surface area contributed by atoms with Crippen molar-refractivity contribution in [3.8, 4) is 0 Å². The van der Waals surface area contributed by atoms with Crippen LogP contribution in [0.1, 0.15) is 26.3 Å². The first-order chi connectivity index (χ1) is 12.7. The van der Waals surface area contributed by atoms with Crippen LogP contribution >= 0.6 is 0 Å². The first-order valence-corrected chi connectivity index (χ1v) is 8.91. The lowest BCUT2D eigenvalue weighted by Gasteiger charge is -2.28. The van der Waals surface area contributed by atoms with Gasteiger partial charge in [-0.1, -0.05) is 44.2 Å². The number of rotatable bonds is 10. The topological polar surface area (TPSA) is 116 Å². The molecule has 0 saturated carbocycles. The number of amides is 2. The first kappa shape index (κ1) is 22.4. The fraction of sp³-hybridized carbons (Fsp3) is 0.526. The highest BCUT2D eigenvalue weighted by atomic mass is 16.5. The monoisotopic (exact) mass is 380 g/mol. The second kappa shape index (κ2) is 11.2. The molecule has 1 rings (SSSR count). The molecule has 0 aromatic heterocycles. The van der Waals surface area contributed by atoms with Crippen LogP contribution in [0.25, 0.3) is 0 Å². The fourth-order valence-corrected chi connectivity index (χ4v) is 2.49. The van der Waals surface area contributed by atoms with Crippen molar-refractivity contribution in [2.45, 2.75) is 39.3 Å². The molecule has 8 nitrogen and oxygen atoms in total. The van der Waals surface area contributed by atoms with Gasteiger partial charge in [0.2, 0.25) is 0 Å². The number of hydrogen-bond donors (Lipinski definition) is 3. The summed E-state index contributed by atoms with van der Waals surface area (Å²) in [4.78, 5) is 37.0. The van der Waals surface area contributed by atoms with E-state index in [1.165, 1.54) is 4.90 Å². The Morgan fingerprint density at radius 1 is 1.15 bits per heavy atom. The minimum absolute atomic E-state index is 0.0481. The van der Waals surface area contributed by atoms with Crippen LogP contribution < -0.4 is 5.32 Å². The molecule has 2 amide bonds. The minimum atomic E-state index is -1.70. The number of nitrogens with zero attached hydrogens (tertiary/aromatic N) is 1. The lowest BCUT2D eigenvalue weighted by molar-refractivity contribution is -0.148. The van der Waals surface area contributed by atoms with E-state index in [2.05, 4.69) is 5.32 Å². The van der Waals surface area contributed by atoms with Gasteiger partial charge in [0.25, 0.3) is 0 Å². The highest BCUT2D eigenvalue weighted by molar-refractivity contribution is 5.84. The van der Waals surface area contributed by atoms with Gasteiger partial charge in [-0.25, -0.2) is 14.4 Å². The fourth-order valence-electron chi connectivity index (χ4n) is 2.49. The molecule has 0 radical (unpaired) electrons. The van der Waals surface area contributed by atoms with Crippen molar-refractivity contribution in [2.24, 2.45) is 5.92 Å². The lowest BCUT2D eigenvalue weighted by Crippen LogP contribution is -2.52. The van der Waals surface area contributed by atoms with Gasteiger partial charge in [0, 0.05) is 13.0 Å². The smallest absolute Gasteiger partial charge is 0.334 e. The van der Waals surface area contributed by atoms with Crippen molar-refractivity contribution in [3.63, 3.8) is 0 Å². The standard InChI is InChI=1S/C19H28N2O6/c1-4-27-18(25)15(10-14-8-6-5-7-9-14)20-19(26)21(11-13(2)3)12-16(22)17(23)24/h5-9,13,15-16,22H,4,10-12H2,1-3H3,(H,20,26)(H,23,24)/t15-,16-/m0/s1. The summed E-state index contributed by atoms with van der Waals surface area (Å²) in [5.74, 6) is -1.94. The third kappa shape index (κ3) is 8.08. The molecule has 0 saturated heterocycles. The van der Waals surface area contributed by atoms with Gasteiger partial charge in [0.1, 0.15) is 6.04 Å². The normalized spacial score (nSPS) is 12.9. The third-order valence-electron chi connectivity index (χ3n) is 3.70. The van der Waals surface area contributed by atoms with Gasteiger partial charge in [-0.05, 0) is 18.4 Å². The Morgan fingerprint density at radius 2 is 1.78 bits per heavy atom. The van der Waals surface area contributed by atoms with Crippen molar-refractivity contribution in [3.05, 3.63) is 35.9 Å². The van der Waals surface area contributed by atoms with Crippen LogP contribution in [-0.2, 0) is 20.7 Å². The van der Waals surface area contributed by atoms with E-state index in [0.717, 1.165) is 5.56 Å². The molecular formula is C19H28N2O6. The summed E-state index contributed by atoms with van der Waals surface area (Å²) >= 11 is 0. The van der Waals surface area contributed by atoms with Crippen molar-refractivity contribution in [2.75, 3.05) is 19.7 Å². The quantitative estimate of drug-likeness (QED) is 0.527. The van der Waals surface area contributed by atoms with Crippen LogP contribution in [0.15, 0.2) is 30.3 Å². The maximum absolute atomic E-state index is 12.6. The number of carbonyl (C=O) groups is 3. The summed E-state index contributed by atoms with van der Waals surface area (Å²) in [6.45, 7) is 5.43. The van der Waals surface area contributed by atoms with Gasteiger partial charge in [-0.2, -0.15) is 0 Å². The SMILES string of the molecule is CCOC(=O)[C@H](Cc1ccccc1)NC(=O)N(CC(C)C)C[C@H](O)C(=O)O. The van der Waals surface area contributed by atoms with Crippen molar-refractivity contribution >= 4 is 18.0 Å². The maximum Gasteiger partial charge on any atom is 0.334 e. The second-order valence-electron chi connectivity index (χ2n) is 6.60. The average Bonchev–Trinajstić information content (AvgIpc) is 2.61. The Kier molecular flexibility index (Phi) is 9.29. The number of aliphatic carboxylic acids is 1. The molecular weight excluding hydrogens is 352 g/mol. The number of hydrogen-bond acceptors (Lipinski definition) is 5. The number of urea groups is 1.